The van der Waals surface area contributed by atoms with Crippen molar-refractivity contribution in [2.24, 2.45) is 0 Å². The van der Waals surface area contributed by atoms with E-state index in [1.165, 1.54) is 0 Å². The minimum Gasteiger partial charge on any atom is -0.384 e. The predicted molar refractivity (Wildman–Crippen MR) is 75.8 cm³/mol. The van der Waals surface area contributed by atoms with Gasteiger partial charge in [0.15, 0.2) is 0 Å². The Morgan fingerprint density at radius 1 is 1.21 bits per heavy atom. The second-order valence-electron chi connectivity index (χ2n) is 4.92. The van der Waals surface area contributed by atoms with Crippen LogP contribution >= 0.6 is 0 Å². The third-order valence-electron chi connectivity index (χ3n) is 2.94. The minimum atomic E-state index is -0.135. The molecule has 0 spiro atoms. The summed E-state index contributed by atoms with van der Waals surface area (Å²) in [5, 5.41) is 8.61. The number of aliphatic hydroxyl groups is 1. The van der Waals surface area contributed by atoms with Gasteiger partial charge in [-0.1, -0.05) is 24.0 Å². The van der Waals surface area contributed by atoms with Crippen LogP contribution in [0.1, 0.15) is 31.4 Å². The molecule has 1 N–H and O–H groups in total. The largest absolute Gasteiger partial charge is 0.384 e. The molecule has 19 heavy (non-hydrogen) atoms. The summed E-state index contributed by atoms with van der Waals surface area (Å²) in [6, 6.07) is 7.84. The van der Waals surface area contributed by atoms with Crippen LogP contribution in [-0.2, 0) is 16.1 Å². The van der Waals surface area contributed by atoms with Crippen molar-refractivity contribution in [2.45, 2.75) is 32.5 Å². The van der Waals surface area contributed by atoms with Crippen molar-refractivity contribution < 1.29 is 14.6 Å². The molecule has 3 heteroatoms. The summed E-state index contributed by atoms with van der Waals surface area (Å²) in [4.78, 5) is 0. The number of methoxy groups -OCH3 is 1. The summed E-state index contributed by atoms with van der Waals surface area (Å²) in [7, 11) is 1.71. The lowest BCUT2D eigenvalue weighted by molar-refractivity contribution is -0.0124. The summed E-state index contributed by atoms with van der Waals surface area (Å²) < 4.78 is 10.9. The van der Waals surface area contributed by atoms with Crippen molar-refractivity contribution in [1.29, 1.82) is 0 Å². The van der Waals surface area contributed by atoms with Crippen LogP contribution in [0.4, 0.5) is 0 Å². The number of benzene rings is 1. The first kappa shape index (κ1) is 15.7. The van der Waals surface area contributed by atoms with Gasteiger partial charge in [0.1, 0.15) is 6.61 Å². The van der Waals surface area contributed by atoms with Crippen molar-refractivity contribution in [1.82, 2.24) is 0 Å². The Morgan fingerprint density at radius 2 is 1.89 bits per heavy atom. The molecule has 0 heterocycles. The maximum atomic E-state index is 8.61. The molecule has 0 aliphatic rings. The first-order valence-corrected chi connectivity index (χ1v) is 6.39. The van der Waals surface area contributed by atoms with Crippen LogP contribution in [0, 0.1) is 11.8 Å². The Kier molecular flexibility index (Phi) is 6.58. The highest BCUT2D eigenvalue weighted by Crippen LogP contribution is 2.13. The van der Waals surface area contributed by atoms with Crippen LogP contribution in [-0.4, -0.2) is 31.0 Å². The molecule has 1 rings (SSSR count). The molecule has 0 unspecified atom stereocenters. The van der Waals surface area contributed by atoms with Gasteiger partial charge < -0.3 is 14.6 Å². The molecule has 1 aromatic rings. The van der Waals surface area contributed by atoms with Crippen LogP contribution in [0.5, 0.6) is 0 Å². The Labute approximate surface area is 115 Å². The van der Waals surface area contributed by atoms with E-state index in [0.29, 0.717) is 13.2 Å². The van der Waals surface area contributed by atoms with Gasteiger partial charge in [-0.2, -0.15) is 0 Å². The molecule has 0 radical (unpaired) electrons. The summed E-state index contributed by atoms with van der Waals surface area (Å²) in [5.41, 5.74) is 1.88. The fourth-order valence-corrected chi connectivity index (χ4v) is 1.44. The Hall–Kier alpha value is -1.34. The van der Waals surface area contributed by atoms with E-state index in [4.69, 9.17) is 14.6 Å². The van der Waals surface area contributed by atoms with Crippen LogP contribution in [0.25, 0.3) is 0 Å². The Morgan fingerprint density at radius 3 is 2.47 bits per heavy atom. The molecule has 0 saturated heterocycles. The van der Waals surface area contributed by atoms with Gasteiger partial charge in [0.05, 0.1) is 12.2 Å². The fourth-order valence-electron chi connectivity index (χ4n) is 1.44. The Balaban J connectivity index is 2.34. The molecule has 0 atom stereocenters. The van der Waals surface area contributed by atoms with Crippen molar-refractivity contribution in [3.05, 3.63) is 35.4 Å². The summed E-state index contributed by atoms with van der Waals surface area (Å²) in [6.07, 6.45) is 0.865. The van der Waals surface area contributed by atoms with E-state index in [2.05, 4.69) is 11.8 Å². The second kappa shape index (κ2) is 7.96. The Bertz CT molecular complexity index is 424. The van der Waals surface area contributed by atoms with E-state index in [0.717, 1.165) is 17.5 Å². The fraction of sp³-hybridized carbons (Fsp3) is 0.500. The summed E-state index contributed by atoms with van der Waals surface area (Å²) >= 11 is 0. The normalized spacial score (nSPS) is 10.9. The molecule has 3 nitrogen and oxygen atoms in total. The zero-order valence-electron chi connectivity index (χ0n) is 11.9. The lowest BCUT2D eigenvalue weighted by atomic mass is 10.1. The van der Waals surface area contributed by atoms with Gasteiger partial charge in [-0.3, -0.25) is 0 Å². The summed E-state index contributed by atoms with van der Waals surface area (Å²) in [5.74, 6) is 5.48. The lowest BCUT2D eigenvalue weighted by Gasteiger charge is -2.22. The number of ether oxygens (including phenoxy) is 2. The SMILES string of the molecule is COC(C)(C)CCOCc1ccc(C#CCO)cc1. The van der Waals surface area contributed by atoms with E-state index in [1.807, 2.05) is 38.1 Å². The van der Waals surface area contributed by atoms with Gasteiger partial charge in [-0.05, 0) is 38.0 Å². The smallest absolute Gasteiger partial charge is 0.104 e. The van der Waals surface area contributed by atoms with Crippen LogP contribution in [0.15, 0.2) is 24.3 Å². The minimum absolute atomic E-state index is 0.111. The third kappa shape index (κ3) is 6.40. The van der Waals surface area contributed by atoms with E-state index in [-0.39, 0.29) is 12.2 Å². The summed E-state index contributed by atoms with van der Waals surface area (Å²) in [6.45, 7) is 5.25. The van der Waals surface area contributed by atoms with Gasteiger partial charge in [-0.15, -0.1) is 0 Å². The van der Waals surface area contributed by atoms with Gasteiger partial charge in [0.25, 0.3) is 0 Å². The molecule has 1 aromatic carbocycles. The van der Waals surface area contributed by atoms with Crippen molar-refractivity contribution >= 4 is 0 Å². The van der Waals surface area contributed by atoms with Gasteiger partial charge in [-0.25, -0.2) is 0 Å². The average molecular weight is 262 g/mol. The molecular formula is C16H22O3. The maximum absolute atomic E-state index is 8.61. The van der Waals surface area contributed by atoms with E-state index < -0.39 is 0 Å². The second-order valence-corrected chi connectivity index (χ2v) is 4.92. The molecule has 0 bridgehead atoms. The zero-order chi connectivity index (χ0) is 14.1. The van der Waals surface area contributed by atoms with Crippen molar-refractivity contribution in [2.75, 3.05) is 20.3 Å². The maximum Gasteiger partial charge on any atom is 0.104 e. The monoisotopic (exact) mass is 262 g/mol. The van der Waals surface area contributed by atoms with Gasteiger partial charge >= 0.3 is 0 Å². The van der Waals surface area contributed by atoms with Gasteiger partial charge in [0, 0.05) is 19.3 Å². The average Bonchev–Trinajstić information content (AvgIpc) is 2.42. The van der Waals surface area contributed by atoms with E-state index >= 15 is 0 Å². The van der Waals surface area contributed by atoms with E-state index in [1.54, 1.807) is 7.11 Å². The van der Waals surface area contributed by atoms with Gasteiger partial charge in [0.2, 0.25) is 0 Å². The molecule has 0 aliphatic heterocycles. The molecule has 0 fully saturated rings. The van der Waals surface area contributed by atoms with Crippen molar-refractivity contribution in [3.63, 3.8) is 0 Å². The molecule has 0 amide bonds. The molecule has 0 saturated carbocycles. The number of rotatable bonds is 6. The van der Waals surface area contributed by atoms with Crippen LogP contribution < -0.4 is 0 Å². The lowest BCUT2D eigenvalue weighted by Crippen LogP contribution is -2.24. The third-order valence-corrected chi connectivity index (χ3v) is 2.94. The number of aliphatic hydroxyl groups excluding tert-OH is 1. The molecule has 104 valence electrons. The first-order chi connectivity index (χ1) is 9.07. The molecular weight excluding hydrogens is 240 g/mol. The number of hydrogen-bond donors (Lipinski definition) is 1. The molecule has 0 aromatic heterocycles. The highest BCUT2D eigenvalue weighted by Gasteiger charge is 2.15. The van der Waals surface area contributed by atoms with Crippen LogP contribution in [0.2, 0.25) is 0 Å². The first-order valence-electron chi connectivity index (χ1n) is 6.39. The highest BCUT2D eigenvalue weighted by atomic mass is 16.5. The standard InChI is InChI=1S/C16H22O3/c1-16(2,18-3)10-12-19-13-15-8-6-14(7-9-15)5-4-11-17/h6-9,17H,10-13H2,1-3H3. The van der Waals surface area contributed by atoms with Crippen LogP contribution in [0.3, 0.4) is 0 Å². The number of hydrogen-bond acceptors (Lipinski definition) is 3. The van der Waals surface area contributed by atoms with E-state index in [9.17, 15) is 0 Å². The molecule has 0 aliphatic carbocycles. The topological polar surface area (TPSA) is 38.7 Å². The quantitative estimate of drug-likeness (QED) is 0.632. The predicted octanol–water partition coefficient (Wildman–Crippen LogP) is 2.36. The zero-order valence-corrected chi connectivity index (χ0v) is 11.9. The highest BCUT2D eigenvalue weighted by molar-refractivity contribution is 5.35. The van der Waals surface area contributed by atoms with Crippen molar-refractivity contribution in [3.8, 4) is 11.8 Å².